The van der Waals surface area contributed by atoms with Crippen molar-refractivity contribution in [2.75, 3.05) is 19.6 Å². The molecule has 0 amide bonds. The number of thiophene rings is 1. The third kappa shape index (κ3) is 2.90. The van der Waals surface area contributed by atoms with Crippen molar-refractivity contribution in [2.45, 2.75) is 38.8 Å². The van der Waals surface area contributed by atoms with Gasteiger partial charge in [0.15, 0.2) is 0 Å². The Morgan fingerprint density at radius 2 is 2.41 bits per heavy atom. The normalized spacial score (nSPS) is 29.1. The third-order valence-electron chi connectivity index (χ3n) is 4.07. The molecule has 0 aromatic carbocycles. The monoisotopic (exact) mass is 250 g/mol. The molecule has 1 aliphatic heterocycles. The van der Waals surface area contributed by atoms with Crippen LogP contribution in [-0.4, -0.2) is 30.6 Å². The Morgan fingerprint density at radius 1 is 1.53 bits per heavy atom. The summed E-state index contributed by atoms with van der Waals surface area (Å²) >= 11 is 1.82. The summed E-state index contributed by atoms with van der Waals surface area (Å²) in [7, 11) is 0. The molecule has 1 aliphatic carbocycles. The predicted molar refractivity (Wildman–Crippen MR) is 73.3 cm³/mol. The van der Waals surface area contributed by atoms with Crippen molar-refractivity contribution < 1.29 is 0 Å². The van der Waals surface area contributed by atoms with Gasteiger partial charge in [0.1, 0.15) is 0 Å². The van der Waals surface area contributed by atoms with Crippen LogP contribution >= 0.6 is 11.3 Å². The first kappa shape index (κ1) is 11.7. The van der Waals surface area contributed by atoms with Crippen molar-refractivity contribution in [3.05, 3.63) is 22.4 Å². The average Bonchev–Trinajstić information content (AvgIpc) is 2.88. The minimum Gasteiger partial charge on any atom is -0.316 e. The number of hydrogen-bond donors (Lipinski definition) is 1. The van der Waals surface area contributed by atoms with Gasteiger partial charge in [0, 0.05) is 25.7 Å². The Morgan fingerprint density at radius 3 is 3.00 bits per heavy atom. The second-order valence-electron chi connectivity index (χ2n) is 6.01. The Bertz CT molecular complexity index is 350. The zero-order chi connectivity index (χ0) is 11.7. The van der Waals surface area contributed by atoms with Gasteiger partial charge >= 0.3 is 0 Å². The number of nitrogens with zero attached hydrogens (tertiary/aromatic N) is 1. The third-order valence-corrected chi connectivity index (χ3v) is 4.80. The molecule has 0 bridgehead atoms. The summed E-state index contributed by atoms with van der Waals surface area (Å²) < 4.78 is 0. The molecular weight excluding hydrogens is 228 g/mol. The molecule has 94 valence electrons. The SMILES string of the molecule is CC1(CN(Cc2ccsc2)C2CC2)CCNC1. The average molecular weight is 250 g/mol. The Hall–Kier alpha value is -0.380. The van der Waals surface area contributed by atoms with Crippen LogP contribution in [0, 0.1) is 5.41 Å². The highest BCUT2D eigenvalue weighted by Gasteiger charge is 2.36. The van der Waals surface area contributed by atoms with Crippen molar-refractivity contribution in [3.63, 3.8) is 0 Å². The summed E-state index contributed by atoms with van der Waals surface area (Å²) in [6, 6.07) is 3.14. The molecule has 1 saturated heterocycles. The van der Waals surface area contributed by atoms with Gasteiger partial charge in [-0.1, -0.05) is 6.92 Å². The first-order valence-corrected chi connectivity index (χ1v) is 7.65. The summed E-state index contributed by atoms with van der Waals surface area (Å²) in [4.78, 5) is 2.72. The Kier molecular flexibility index (Phi) is 3.24. The first-order chi connectivity index (χ1) is 8.25. The van der Waals surface area contributed by atoms with E-state index in [9.17, 15) is 0 Å². The van der Waals surface area contributed by atoms with Crippen LogP contribution in [0.15, 0.2) is 16.8 Å². The van der Waals surface area contributed by atoms with E-state index in [0.29, 0.717) is 5.41 Å². The van der Waals surface area contributed by atoms with Crippen LogP contribution < -0.4 is 5.32 Å². The van der Waals surface area contributed by atoms with Gasteiger partial charge in [-0.15, -0.1) is 0 Å². The van der Waals surface area contributed by atoms with E-state index in [2.05, 4.69) is 34.0 Å². The quantitative estimate of drug-likeness (QED) is 0.864. The predicted octanol–water partition coefficient (Wildman–Crippen LogP) is 2.71. The molecule has 2 aliphatic rings. The molecular formula is C14H22N2S. The zero-order valence-corrected chi connectivity index (χ0v) is 11.4. The smallest absolute Gasteiger partial charge is 0.0245 e. The van der Waals surface area contributed by atoms with E-state index in [-0.39, 0.29) is 0 Å². The Labute approximate surface area is 108 Å². The lowest BCUT2D eigenvalue weighted by Crippen LogP contribution is -2.38. The number of nitrogens with one attached hydrogen (secondary N) is 1. The van der Waals surface area contributed by atoms with Crippen molar-refractivity contribution in [3.8, 4) is 0 Å². The summed E-state index contributed by atoms with van der Waals surface area (Å²) in [5.74, 6) is 0. The van der Waals surface area contributed by atoms with Gasteiger partial charge in [0.2, 0.25) is 0 Å². The van der Waals surface area contributed by atoms with Gasteiger partial charge in [-0.05, 0) is 53.6 Å². The lowest BCUT2D eigenvalue weighted by molar-refractivity contribution is 0.163. The highest BCUT2D eigenvalue weighted by Crippen LogP contribution is 2.34. The van der Waals surface area contributed by atoms with Crippen LogP contribution in [0.2, 0.25) is 0 Å². The number of hydrogen-bond acceptors (Lipinski definition) is 3. The van der Waals surface area contributed by atoms with E-state index < -0.39 is 0 Å². The van der Waals surface area contributed by atoms with Crippen molar-refractivity contribution in [1.29, 1.82) is 0 Å². The molecule has 3 heteroatoms. The fourth-order valence-electron chi connectivity index (χ4n) is 2.86. The molecule has 0 radical (unpaired) electrons. The van der Waals surface area contributed by atoms with E-state index in [4.69, 9.17) is 0 Å². The summed E-state index contributed by atoms with van der Waals surface area (Å²) in [6.07, 6.45) is 4.15. The van der Waals surface area contributed by atoms with Crippen LogP contribution in [0.4, 0.5) is 0 Å². The second kappa shape index (κ2) is 4.71. The molecule has 2 heterocycles. The summed E-state index contributed by atoms with van der Waals surface area (Å²) in [5, 5.41) is 8.00. The molecule has 1 aromatic rings. The van der Waals surface area contributed by atoms with Crippen LogP contribution in [0.3, 0.4) is 0 Å². The Balaban J connectivity index is 1.64. The maximum Gasteiger partial charge on any atom is 0.0245 e. The minimum absolute atomic E-state index is 0.499. The second-order valence-corrected chi connectivity index (χ2v) is 6.79. The molecule has 0 spiro atoms. The molecule has 2 fully saturated rings. The van der Waals surface area contributed by atoms with E-state index in [1.54, 1.807) is 0 Å². The maximum atomic E-state index is 3.51. The zero-order valence-electron chi connectivity index (χ0n) is 10.6. The van der Waals surface area contributed by atoms with Crippen LogP contribution in [0.25, 0.3) is 0 Å². The lowest BCUT2D eigenvalue weighted by atomic mass is 9.89. The lowest BCUT2D eigenvalue weighted by Gasteiger charge is -2.32. The van der Waals surface area contributed by atoms with E-state index in [0.717, 1.165) is 12.6 Å². The largest absolute Gasteiger partial charge is 0.316 e. The van der Waals surface area contributed by atoms with E-state index >= 15 is 0 Å². The molecule has 2 nitrogen and oxygen atoms in total. The maximum absolute atomic E-state index is 3.51. The highest BCUT2D eigenvalue weighted by molar-refractivity contribution is 7.07. The van der Waals surface area contributed by atoms with Crippen molar-refractivity contribution in [2.24, 2.45) is 5.41 Å². The van der Waals surface area contributed by atoms with Gasteiger partial charge in [-0.25, -0.2) is 0 Å². The molecule has 1 saturated carbocycles. The standard InChI is InChI=1S/C14H22N2S/c1-14(5-6-15-10-14)11-16(13-2-3-13)8-12-4-7-17-9-12/h4,7,9,13,15H,2-3,5-6,8,10-11H2,1H3. The van der Waals surface area contributed by atoms with Crippen LogP contribution in [-0.2, 0) is 6.54 Å². The van der Waals surface area contributed by atoms with E-state index in [1.165, 1.54) is 44.5 Å². The van der Waals surface area contributed by atoms with E-state index in [1.807, 2.05) is 11.3 Å². The molecule has 1 unspecified atom stereocenters. The molecule has 1 atom stereocenters. The van der Waals surface area contributed by atoms with Gasteiger partial charge in [-0.2, -0.15) is 11.3 Å². The first-order valence-electron chi connectivity index (χ1n) is 6.71. The van der Waals surface area contributed by atoms with Gasteiger partial charge < -0.3 is 5.32 Å². The molecule has 3 rings (SSSR count). The highest BCUT2D eigenvalue weighted by atomic mass is 32.1. The fourth-order valence-corrected chi connectivity index (χ4v) is 3.52. The number of rotatable bonds is 5. The minimum atomic E-state index is 0.499. The summed E-state index contributed by atoms with van der Waals surface area (Å²) in [5.41, 5.74) is 2.00. The van der Waals surface area contributed by atoms with Crippen molar-refractivity contribution >= 4 is 11.3 Å². The van der Waals surface area contributed by atoms with Crippen LogP contribution in [0.5, 0.6) is 0 Å². The van der Waals surface area contributed by atoms with Crippen LogP contribution in [0.1, 0.15) is 31.7 Å². The van der Waals surface area contributed by atoms with Crippen molar-refractivity contribution in [1.82, 2.24) is 10.2 Å². The van der Waals surface area contributed by atoms with Gasteiger partial charge in [0.05, 0.1) is 0 Å². The topological polar surface area (TPSA) is 15.3 Å². The molecule has 17 heavy (non-hydrogen) atoms. The molecule has 1 N–H and O–H groups in total. The van der Waals surface area contributed by atoms with Gasteiger partial charge in [-0.3, -0.25) is 4.90 Å². The van der Waals surface area contributed by atoms with Gasteiger partial charge in [0.25, 0.3) is 0 Å². The summed E-state index contributed by atoms with van der Waals surface area (Å²) in [6.45, 7) is 7.26. The fraction of sp³-hybridized carbons (Fsp3) is 0.714. The molecule has 1 aromatic heterocycles.